The molecule has 166 valence electrons. The maximum Gasteiger partial charge on any atom is 0.281 e. The first-order valence-electron chi connectivity index (χ1n) is 9.57. The summed E-state index contributed by atoms with van der Waals surface area (Å²) in [6, 6.07) is 19.7. The summed E-state index contributed by atoms with van der Waals surface area (Å²) in [7, 11) is 0. The van der Waals surface area contributed by atoms with Crippen LogP contribution in [0.25, 0.3) is 10.1 Å². The Morgan fingerprint density at radius 3 is 2.67 bits per heavy atom. The second-order valence-electron chi connectivity index (χ2n) is 6.89. The molecule has 0 saturated heterocycles. The third kappa shape index (κ3) is 5.95. The molecular formula is C23H15BrIN3O4S. The number of carbonyl (C=O) groups excluding carboxylic acids is 1. The summed E-state index contributed by atoms with van der Waals surface area (Å²) in [6.07, 6.45) is 1.55. The summed E-state index contributed by atoms with van der Waals surface area (Å²) < 4.78 is 8.63. The van der Waals surface area contributed by atoms with E-state index >= 15 is 0 Å². The Morgan fingerprint density at radius 2 is 1.94 bits per heavy atom. The van der Waals surface area contributed by atoms with Crippen LogP contribution in [-0.4, -0.2) is 17.0 Å². The Labute approximate surface area is 214 Å². The maximum atomic E-state index is 12.4. The van der Waals surface area contributed by atoms with Crippen molar-refractivity contribution < 1.29 is 14.5 Å². The zero-order valence-electron chi connectivity index (χ0n) is 16.8. The van der Waals surface area contributed by atoms with E-state index in [-0.39, 0.29) is 11.6 Å². The van der Waals surface area contributed by atoms with E-state index < -0.39 is 4.92 Å². The molecule has 0 radical (unpaired) electrons. The number of rotatable bonds is 7. The number of benzene rings is 3. The van der Waals surface area contributed by atoms with Gasteiger partial charge in [-0.1, -0.05) is 28.1 Å². The van der Waals surface area contributed by atoms with Gasteiger partial charge in [0.2, 0.25) is 0 Å². The molecule has 4 rings (SSSR count). The molecule has 0 saturated carbocycles. The van der Waals surface area contributed by atoms with Crippen molar-refractivity contribution in [2.24, 2.45) is 5.10 Å². The zero-order valence-corrected chi connectivity index (χ0v) is 21.4. The number of nitrogens with zero attached hydrogens (tertiary/aromatic N) is 2. The van der Waals surface area contributed by atoms with E-state index in [1.807, 2.05) is 42.5 Å². The summed E-state index contributed by atoms with van der Waals surface area (Å²) in [6.45, 7) is 0.463. The minimum atomic E-state index is -0.459. The molecule has 1 heterocycles. The average molecular weight is 636 g/mol. The SMILES string of the molecule is O=C(N/N=C\c1ccc(OCc2ccc(Br)cc2)c(I)c1)c1cc2cc([N+](=O)[O-])ccc2s1. The van der Waals surface area contributed by atoms with Gasteiger partial charge < -0.3 is 4.74 Å². The molecule has 0 atom stereocenters. The molecule has 7 nitrogen and oxygen atoms in total. The zero-order chi connectivity index (χ0) is 23.4. The molecule has 0 unspecified atom stereocenters. The van der Waals surface area contributed by atoms with Crippen molar-refractivity contribution in [3.05, 3.63) is 101 Å². The van der Waals surface area contributed by atoms with Gasteiger partial charge in [0.05, 0.1) is 19.6 Å². The quantitative estimate of drug-likeness (QED) is 0.108. The van der Waals surface area contributed by atoms with Crippen molar-refractivity contribution >= 4 is 77.8 Å². The van der Waals surface area contributed by atoms with Crippen molar-refractivity contribution in [1.29, 1.82) is 0 Å². The van der Waals surface area contributed by atoms with Crippen molar-refractivity contribution in [2.45, 2.75) is 6.61 Å². The number of ether oxygens (including phenoxy) is 1. The van der Waals surface area contributed by atoms with Crippen LogP contribution < -0.4 is 10.2 Å². The van der Waals surface area contributed by atoms with Crippen LogP contribution in [0.4, 0.5) is 5.69 Å². The molecule has 1 amide bonds. The Morgan fingerprint density at radius 1 is 1.15 bits per heavy atom. The fraction of sp³-hybridized carbons (Fsp3) is 0.0435. The number of hydrogen-bond donors (Lipinski definition) is 1. The lowest BCUT2D eigenvalue weighted by molar-refractivity contribution is -0.384. The van der Waals surface area contributed by atoms with Gasteiger partial charge in [-0.05, 0) is 76.2 Å². The lowest BCUT2D eigenvalue weighted by Gasteiger charge is -2.09. The van der Waals surface area contributed by atoms with Gasteiger partial charge in [0, 0.05) is 26.7 Å². The second kappa shape index (κ2) is 10.4. The predicted octanol–water partition coefficient (Wildman–Crippen LogP) is 6.52. The number of thiophene rings is 1. The Bertz CT molecular complexity index is 1370. The number of nitro groups is 1. The monoisotopic (exact) mass is 635 g/mol. The van der Waals surface area contributed by atoms with Crippen LogP contribution >= 0.6 is 49.9 Å². The highest BCUT2D eigenvalue weighted by molar-refractivity contribution is 14.1. The third-order valence-electron chi connectivity index (χ3n) is 4.58. The summed E-state index contributed by atoms with van der Waals surface area (Å²) in [5.74, 6) is 0.387. The summed E-state index contributed by atoms with van der Waals surface area (Å²) in [5, 5.41) is 15.6. The van der Waals surface area contributed by atoms with Gasteiger partial charge in [0.1, 0.15) is 12.4 Å². The number of nitrogens with one attached hydrogen (secondary N) is 1. The third-order valence-corrected chi connectivity index (χ3v) is 7.06. The van der Waals surface area contributed by atoms with Crippen LogP contribution in [0.1, 0.15) is 20.8 Å². The molecule has 1 N–H and O–H groups in total. The van der Waals surface area contributed by atoms with Crippen molar-refractivity contribution in [1.82, 2.24) is 5.43 Å². The van der Waals surface area contributed by atoms with E-state index in [2.05, 4.69) is 49.0 Å². The number of fused-ring (bicyclic) bond motifs is 1. The fourth-order valence-electron chi connectivity index (χ4n) is 2.93. The summed E-state index contributed by atoms with van der Waals surface area (Å²) in [5.41, 5.74) is 4.37. The molecule has 0 fully saturated rings. The molecule has 0 spiro atoms. The average Bonchev–Trinajstić information content (AvgIpc) is 3.23. The highest BCUT2D eigenvalue weighted by Crippen LogP contribution is 2.29. The number of hydrazone groups is 1. The summed E-state index contributed by atoms with van der Waals surface area (Å²) >= 11 is 6.86. The molecule has 0 aliphatic carbocycles. The van der Waals surface area contributed by atoms with Gasteiger partial charge >= 0.3 is 0 Å². The molecule has 0 aliphatic rings. The smallest absolute Gasteiger partial charge is 0.281 e. The number of nitro benzene ring substituents is 1. The largest absolute Gasteiger partial charge is 0.488 e. The van der Waals surface area contributed by atoms with E-state index in [1.165, 1.54) is 23.5 Å². The van der Waals surface area contributed by atoms with Crippen LogP contribution in [0.15, 0.2) is 76.3 Å². The number of halogens is 2. The van der Waals surface area contributed by atoms with Crippen molar-refractivity contribution in [2.75, 3.05) is 0 Å². The maximum absolute atomic E-state index is 12.4. The van der Waals surface area contributed by atoms with Gasteiger partial charge in [-0.3, -0.25) is 14.9 Å². The molecule has 4 aromatic rings. The van der Waals surface area contributed by atoms with E-state index in [1.54, 1.807) is 18.3 Å². The second-order valence-corrected chi connectivity index (χ2v) is 10.1. The summed E-state index contributed by atoms with van der Waals surface area (Å²) in [4.78, 5) is 23.3. The molecule has 3 aromatic carbocycles. The lowest BCUT2D eigenvalue weighted by atomic mass is 10.2. The Balaban J connectivity index is 1.37. The van der Waals surface area contributed by atoms with Crippen molar-refractivity contribution in [3.63, 3.8) is 0 Å². The van der Waals surface area contributed by atoms with Crippen LogP contribution in [0.2, 0.25) is 0 Å². The van der Waals surface area contributed by atoms with E-state index in [0.717, 1.165) is 29.6 Å². The number of carbonyl (C=O) groups is 1. The topological polar surface area (TPSA) is 93.8 Å². The van der Waals surface area contributed by atoms with Crippen LogP contribution in [0.5, 0.6) is 5.75 Å². The standard InChI is InChI=1S/C23H15BrIN3O4S/c24-17-4-1-14(2-5-17)13-32-20-7-3-15(9-19(20)25)12-26-27-23(29)22-11-16-10-18(28(30)31)6-8-21(16)33-22/h1-12H,13H2,(H,27,29)/b26-12-. The van der Waals surface area contributed by atoms with Gasteiger partial charge in [-0.15, -0.1) is 11.3 Å². The first kappa shape index (κ1) is 23.3. The predicted molar refractivity (Wildman–Crippen MR) is 141 cm³/mol. The van der Waals surface area contributed by atoms with E-state index in [9.17, 15) is 14.9 Å². The highest BCUT2D eigenvalue weighted by Gasteiger charge is 2.13. The first-order valence-corrected chi connectivity index (χ1v) is 12.3. The van der Waals surface area contributed by atoms with Gasteiger partial charge in [-0.25, -0.2) is 5.43 Å². The minimum Gasteiger partial charge on any atom is -0.488 e. The van der Waals surface area contributed by atoms with E-state index in [0.29, 0.717) is 16.9 Å². The normalized spacial score (nSPS) is 11.1. The molecule has 0 bridgehead atoms. The molecule has 33 heavy (non-hydrogen) atoms. The number of non-ortho nitro benzene ring substituents is 1. The van der Waals surface area contributed by atoms with Crippen LogP contribution in [-0.2, 0) is 6.61 Å². The molecule has 10 heteroatoms. The fourth-order valence-corrected chi connectivity index (χ4v) is 4.83. The van der Waals surface area contributed by atoms with Crippen molar-refractivity contribution in [3.8, 4) is 5.75 Å². The van der Waals surface area contributed by atoms with Gasteiger partial charge in [0.15, 0.2) is 0 Å². The first-order chi connectivity index (χ1) is 15.9. The van der Waals surface area contributed by atoms with Gasteiger partial charge in [-0.2, -0.15) is 5.10 Å². The lowest BCUT2D eigenvalue weighted by Crippen LogP contribution is -2.16. The highest BCUT2D eigenvalue weighted by atomic mass is 127. The number of hydrogen-bond acceptors (Lipinski definition) is 6. The van der Waals surface area contributed by atoms with Gasteiger partial charge in [0.25, 0.3) is 11.6 Å². The van der Waals surface area contributed by atoms with Crippen LogP contribution in [0, 0.1) is 13.7 Å². The minimum absolute atomic E-state index is 0.0100. The molecule has 1 aromatic heterocycles. The molecular weight excluding hydrogens is 621 g/mol. The Hall–Kier alpha value is -2.83. The number of amides is 1. The molecule has 0 aliphatic heterocycles. The van der Waals surface area contributed by atoms with Crippen LogP contribution in [0.3, 0.4) is 0 Å². The van der Waals surface area contributed by atoms with E-state index in [4.69, 9.17) is 4.74 Å². The Kier molecular flexibility index (Phi) is 7.36.